The van der Waals surface area contributed by atoms with E-state index in [0.717, 1.165) is 44.6 Å². The molecule has 3 unspecified atom stereocenters. The first-order chi connectivity index (χ1) is 12.1. The molecule has 5 heteroatoms. The highest BCUT2D eigenvalue weighted by atomic mass is 79.9. The molecular weight excluding hydrogens is 387 g/mol. The van der Waals surface area contributed by atoms with E-state index in [2.05, 4.69) is 15.9 Å². The number of ether oxygens (including phenoxy) is 2. The van der Waals surface area contributed by atoms with Crippen LogP contribution in [0, 0.1) is 11.8 Å². The van der Waals surface area contributed by atoms with Gasteiger partial charge in [0, 0.05) is 11.4 Å². The molecular formula is C20H32BrFO3. The smallest absolute Gasteiger partial charge is 0.309 e. The molecule has 0 heterocycles. The molecule has 3 aliphatic rings. The molecule has 0 radical (unpaired) electrons. The lowest BCUT2D eigenvalue weighted by molar-refractivity contribution is -0.161. The second kappa shape index (κ2) is 9.68. The fourth-order valence-corrected chi connectivity index (χ4v) is 5.13. The Balaban J connectivity index is 1.34. The first-order valence-electron chi connectivity index (χ1n) is 10.2. The predicted octanol–water partition coefficient (Wildman–Crippen LogP) is 5.34. The Hall–Kier alpha value is -0.160. The largest absolute Gasteiger partial charge is 0.459 e. The third kappa shape index (κ3) is 5.92. The lowest BCUT2D eigenvalue weighted by Crippen LogP contribution is -2.37. The van der Waals surface area contributed by atoms with Crippen LogP contribution in [0.1, 0.15) is 77.0 Å². The van der Waals surface area contributed by atoms with Crippen LogP contribution in [0.25, 0.3) is 0 Å². The molecule has 0 aromatic rings. The van der Waals surface area contributed by atoms with Crippen molar-refractivity contribution in [2.45, 2.75) is 100 Å². The molecule has 3 saturated carbocycles. The summed E-state index contributed by atoms with van der Waals surface area (Å²) in [6, 6.07) is 0. The second-order valence-electron chi connectivity index (χ2n) is 8.21. The first kappa shape index (κ1) is 19.6. The topological polar surface area (TPSA) is 35.5 Å². The minimum atomic E-state index is -1.03. The van der Waals surface area contributed by atoms with E-state index in [1.54, 1.807) is 0 Å². The molecule has 0 aromatic carbocycles. The van der Waals surface area contributed by atoms with Crippen molar-refractivity contribution in [1.82, 2.24) is 0 Å². The van der Waals surface area contributed by atoms with E-state index in [1.165, 1.54) is 32.1 Å². The van der Waals surface area contributed by atoms with E-state index >= 15 is 0 Å². The molecule has 3 fully saturated rings. The zero-order valence-electron chi connectivity index (χ0n) is 15.1. The Bertz CT molecular complexity index is 419. The zero-order valence-corrected chi connectivity index (χ0v) is 16.7. The molecule has 0 saturated heterocycles. The molecule has 3 atom stereocenters. The number of alkyl halides is 2. The van der Waals surface area contributed by atoms with Gasteiger partial charge in [-0.25, -0.2) is 4.39 Å². The molecule has 0 aromatic heterocycles. The van der Waals surface area contributed by atoms with Crippen LogP contribution in [0.4, 0.5) is 4.39 Å². The van der Waals surface area contributed by atoms with E-state index in [1.807, 2.05) is 0 Å². The van der Waals surface area contributed by atoms with Crippen molar-refractivity contribution in [2.24, 2.45) is 11.8 Å². The summed E-state index contributed by atoms with van der Waals surface area (Å²) in [6.07, 6.45) is 10.9. The molecule has 3 rings (SSSR count). The van der Waals surface area contributed by atoms with E-state index in [-0.39, 0.29) is 16.7 Å². The highest BCUT2D eigenvalue weighted by molar-refractivity contribution is 9.09. The van der Waals surface area contributed by atoms with Crippen LogP contribution in [0.2, 0.25) is 0 Å². The Morgan fingerprint density at radius 2 is 1.68 bits per heavy atom. The fraction of sp³-hybridized carbons (Fsp3) is 0.950. The summed E-state index contributed by atoms with van der Waals surface area (Å²) in [6.45, 7) is 0.888. The molecule has 0 spiro atoms. The molecule has 25 heavy (non-hydrogen) atoms. The van der Waals surface area contributed by atoms with E-state index < -0.39 is 12.3 Å². The van der Waals surface area contributed by atoms with Gasteiger partial charge in [-0.1, -0.05) is 35.2 Å². The highest BCUT2D eigenvalue weighted by Gasteiger charge is 2.35. The van der Waals surface area contributed by atoms with E-state index in [0.29, 0.717) is 18.9 Å². The van der Waals surface area contributed by atoms with Gasteiger partial charge in [0.25, 0.3) is 0 Å². The fourth-order valence-electron chi connectivity index (χ4n) is 4.51. The summed E-state index contributed by atoms with van der Waals surface area (Å²) in [5.41, 5.74) is 0. The highest BCUT2D eigenvalue weighted by Crippen LogP contribution is 2.32. The van der Waals surface area contributed by atoms with Crippen LogP contribution in [-0.4, -0.2) is 35.8 Å². The maximum absolute atomic E-state index is 14.0. The van der Waals surface area contributed by atoms with Crippen molar-refractivity contribution in [1.29, 1.82) is 0 Å². The van der Waals surface area contributed by atoms with Crippen molar-refractivity contribution in [3.05, 3.63) is 0 Å². The predicted molar refractivity (Wildman–Crippen MR) is 99.6 cm³/mol. The third-order valence-electron chi connectivity index (χ3n) is 6.22. The summed E-state index contributed by atoms with van der Waals surface area (Å²) >= 11 is 3.45. The van der Waals surface area contributed by atoms with Gasteiger partial charge in [-0.3, -0.25) is 4.79 Å². The Morgan fingerprint density at radius 3 is 2.36 bits per heavy atom. The molecule has 0 N–H and O–H groups in total. The van der Waals surface area contributed by atoms with Gasteiger partial charge < -0.3 is 9.47 Å². The zero-order chi connectivity index (χ0) is 17.6. The van der Waals surface area contributed by atoms with Gasteiger partial charge in [0.1, 0.15) is 12.3 Å². The van der Waals surface area contributed by atoms with Gasteiger partial charge >= 0.3 is 5.97 Å². The number of hydrogen-bond donors (Lipinski definition) is 0. The van der Waals surface area contributed by atoms with Gasteiger partial charge in [0.05, 0.1) is 12.0 Å². The standard InChI is InChI=1S/C20H32BrFO3/c21-16-8-11-19(18(22)12-16)25-20(23)15-6-9-17(10-7-15)24-13-14-4-2-1-3-5-14/h14-19H,1-13H2. The van der Waals surface area contributed by atoms with Gasteiger partial charge in [-0.2, -0.15) is 0 Å². The summed E-state index contributed by atoms with van der Waals surface area (Å²) in [7, 11) is 0. The number of carbonyl (C=O) groups is 1. The molecule has 0 aliphatic heterocycles. The van der Waals surface area contributed by atoms with Crippen LogP contribution in [0.15, 0.2) is 0 Å². The van der Waals surface area contributed by atoms with Gasteiger partial charge in [-0.05, 0) is 63.7 Å². The number of hydrogen-bond acceptors (Lipinski definition) is 3. The van der Waals surface area contributed by atoms with Gasteiger partial charge in [-0.15, -0.1) is 0 Å². The van der Waals surface area contributed by atoms with E-state index in [9.17, 15) is 9.18 Å². The average Bonchev–Trinajstić information content (AvgIpc) is 2.63. The van der Waals surface area contributed by atoms with Crippen molar-refractivity contribution in [2.75, 3.05) is 6.61 Å². The van der Waals surface area contributed by atoms with Crippen LogP contribution in [0.5, 0.6) is 0 Å². The molecule has 3 aliphatic carbocycles. The lowest BCUT2D eigenvalue weighted by Gasteiger charge is -2.32. The Kier molecular flexibility index (Phi) is 7.59. The summed E-state index contributed by atoms with van der Waals surface area (Å²) in [5.74, 6) is 0.484. The monoisotopic (exact) mass is 418 g/mol. The Morgan fingerprint density at radius 1 is 0.960 bits per heavy atom. The third-order valence-corrected chi connectivity index (χ3v) is 7.05. The minimum absolute atomic E-state index is 0.0663. The first-order valence-corrected chi connectivity index (χ1v) is 11.1. The maximum Gasteiger partial charge on any atom is 0.309 e. The van der Waals surface area contributed by atoms with E-state index in [4.69, 9.17) is 9.47 Å². The second-order valence-corrected chi connectivity index (χ2v) is 9.51. The quantitative estimate of drug-likeness (QED) is 0.446. The van der Waals surface area contributed by atoms with Crippen molar-refractivity contribution < 1.29 is 18.7 Å². The summed E-state index contributed by atoms with van der Waals surface area (Å²) < 4.78 is 25.7. The van der Waals surface area contributed by atoms with Crippen LogP contribution >= 0.6 is 15.9 Å². The normalized spacial score (nSPS) is 37.6. The maximum atomic E-state index is 14.0. The molecule has 0 bridgehead atoms. The van der Waals surface area contributed by atoms with Crippen LogP contribution in [-0.2, 0) is 14.3 Å². The van der Waals surface area contributed by atoms with Gasteiger partial charge in [0.2, 0.25) is 0 Å². The van der Waals surface area contributed by atoms with Crippen molar-refractivity contribution in [3.63, 3.8) is 0 Å². The SMILES string of the molecule is O=C(OC1CCC(Br)CC1F)C1CCC(OCC2CCCCC2)CC1. The van der Waals surface area contributed by atoms with Crippen molar-refractivity contribution in [3.8, 4) is 0 Å². The van der Waals surface area contributed by atoms with Crippen LogP contribution < -0.4 is 0 Å². The average molecular weight is 419 g/mol. The van der Waals surface area contributed by atoms with Crippen LogP contribution in [0.3, 0.4) is 0 Å². The molecule has 0 amide bonds. The lowest BCUT2D eigenvalue weighted by atomic mass is 9.86. The number of rotatable bonds is 5. The summed E-state index contributed by atoms with van der Waals surface area (Å²) in [4.78, 5) is 12.6. The number of esters is 1. The number of carbonyl (C=O) groups excluding carboxylic acids is 1. The number of halogens is 2. The summed E-state index contributed by atoms with van der Waals surface area (Å²) in [5, 5.41) is 0. The molecule has 144 valence electrons. The van der Waals surface area contributed by atoms with Gasteiger partial charge in [0.15, 0.2) is 0 Å². The molecule has 3 nitrogen and oxygen atoms in total. The minimum Gasteiger partial charge on any atom is -0.459 e. The Labute approximate surface area is 159 Å². The van der Waals surface area contributed by atoms with Crippen molar-refractivity contribution >= 4 is 21.9 Å².